The van der Waals surface area contributed by atoms with Crippen LogP contribution in [0.3, 0.4) is 0 Å². The van der Waals surface area contributed by atoms with Gasteiger partial charge in [-0.15, -0.1) is 10.2 Å². The molecule has 1 unspecified atom stereocenters. The van der Waals surface area contributed by atoms with Crippen molar-refractivity contribution in [3.05, 3.63) is 5.82 Å². The number of thioether (sulfide) groups is 1. The number of aliphatic hydroxyl groups is 1. The van der Waals surface area contributed by atoms with Crippen molar-refractivity contribution in [2.24, 2.45) is 5.73 Å². The van der Waals surface area contributed by atoms with E-state index in [-0.39, 0.29) is 6.54 Å². The summed E-state index contributed by atoms with van der Waals surface area (Å²) in [5, 5.41) is 16.7. The number of nitrogens with two attached hydrogens (primary N) is 1. The summed E-state index contributed by atoms with van der Waals surface area (Å²) in [7, 11) is 0. The van der Waals surface area contributed by atoms with Gasteiger partial charge >= 0.3 is 6.18 Å². The fourth-order valence-electron chi connectivity index (χ4n) is 1.14. The molecule has 0 aliphatic heterocycles. The highest BCUT2D eigenvalue weighted by Crippen LogP contribution is 2.26. The highest BCUT2D eigenvalue weighted by molar-refractivity contribution is 7.99. The van der Waals surface area contributed by atoms with Crippen LogP contribution in [0.15, 0.2) is 5.16 Å². The molecule has 0 saturated heterocycles. The topological polar surface area (TPSA) is 77.0 Å². The average molecular weight is 270 g/mol. The molecule has 5 nitrogen and oxygen atoms in total. The minimum atomic E-state index is -4.61. The molecule has 98 valence electrons. The van der Waals surface area contributed by atoms with Crippen LogP contribution in [0.2, 0.25) is 0 Å². The van der Waals surface area contributed by atoms with E-state index in [0.29, 0.717) is 17.5 Å². The minimum Gasteiger partial charge on any atom is -0.383 e. The first-order valence-electron chi connectivity index (χ1n) is 4.89. The molecule has 0 aliphatic rings. The maximum absolute atomic E-state index is 12.1. The number of nitrogens with zero attached hydrogens (tertiary/aromatic N) is 3. The Morgan fingerprint density at radius 3 is 2.59 bits per heavy atom. The molecule has 1 atom stereocenters. The molecular formula is C8H13F3N4OS. The van der Waals surface area contributed by atoms with Crippen LogP contribution in [0.4, 0.5) is 13.2 Å². The van der Waals surface area contributed by atoms with E-state index in [0.717, 1.165) is 11.8 Å². The standard InChI is InChI=1S/C8H13F3N4OS/c1-2-15-6(3-12)13-14-7(15)17-4-5(16)8(9,10)11/h5,16H,2-4,12H2,1H3. The largest absolute Gasteiger partial charge is 0.415 e. The highest BCUT2D eigenvalue weighted by atomic mass is 32.2. The number of hydrogen-bond acceptors (Lipinski definition) is 5. The molecule has 0 amide bonds. The van der Waals surface area contributed by atoms with Crippen molar-refractivity contribution in [2.45, 2.75) is 37.4 Å². The van der Waals surface area contributed by atoms with Gasteiger partial charge < -0.3 is 15.4 Å². The van der Waals surface area contributed by atoms with Crippen molar-refractivity contribution in [1.82, 2.24) is 14.8 Å². The SMILES string of the molecule is CCn1c(CN)nnc1SCC(O)C(F)(F)F. The van der Waals surface area contributed by atoms with Crippen LogP contribution in [0.5, 0.6) is 0 Å². The molecule has 9 heteroatoms. The zero-order valence-electron chi connectivity index (χ0n) is 9.11. The first-order chi connectivity index (χ1) is 7.90. The summed E-state index contributed by atoms with van der Waals surface area (Å²) >= 11 is 0.807. The molecule has 0 radical (unpaired) electrons. The molecule has 0 aromatic carbocycles. The van der Waals surface area contributed by atoms with Crippen molar-refractivity contribution in [3.8, 4) is 0 Å². The molecule has 1 aromatic rings. The Balaban J connectivity index is 2.66. The Morgan fingerprint density at radius 1 is 1.47 bits per heavy atom. The summed E-state index contributed by atoms with van der Waals surface area (Å²) in [4.78, 5) is 0. The first kappa shape index (κ1) is 14.3. The molecule has 1 heterocycles. The van der Waals surface area contributed by atoms with Gasteiger partial charge in [0.05, 0.1) is 6.54 Å². The van der Waals surface area contributed by atoms with Crippen LogP contribution in [-0.2, 0) is 13.1 Å². The number of halogens is 3. The molecule has 0 aliphatic carbocycles. The third kappa shape index (κ3) is 3.58. The lowest BCUT2D eigenvalue weighted by atomic mass is 10.4. The Hall–Kier alpha value is -0.800. The lowest BCUT2D eigenvalue weighted by molar-refractivity contribution is -0.195. The molecule has 1 aromatic heterocycles. The van der Waals surface area contributed by atoms with Gasteiger partial charge in [0, 0.05) is 12.3 Å². The summed E-state index contributed by atoms with van der Waals surface area (Å²) in [6.45, 7) is 2.50. The Bertz CT molecular complexity index is 368. The number of hydrogen-bond donors (Lipinski definition) is 2. The van der Waals surface area contributed by atoms with Gasteiger partial charge in [-0.25, -0.2) is 0 Å². The van der Waals surface area contributed by atoms with Crippen LogP contribution in [0.1, 0.15) is 12.7 Å². The monoisotopic (exact) mass is 270 g/mol. The van der Waals surface area contributed by atoms with Crippen LogP contribution >= 0.6 is 11.8 Å². The van der Waals surface area contributed by atoms with Gasteiger partial charge in [0.25, 0.3) is 0 Å². The highest BCUT2D eigenvalue weighted by Gasteiger charge is 2.38. The number of aliphatic hydroxyl groups excluding tert-OH is 1. The summed E-state index contributed by atoms with van der Waals surface area (Å²) in [6.07, 6.45) is -6.98. The molecule has 1 rings (SSSR count). The summed E-state index contributed by atoms with van der Waals surface area (Å²) < 4.78 is 37.9. The Labute approximate surface area is 100 Å². The van der Waals surface area contributed by atoms with E-state index < -0.39 is 18.0 Å². The maximum Gasteiger partial charge on any atom is 0.415 e. The van der Waals surface area contributed by atoms with Crippen LogP contribution < -0.4 is 5.73 Å². The van der Waals surface area contributed by atoms with Crippen molar-refractivity contribution in [1.29, 1.82) is 0 Å². The second-order valence-corrected chi connectivity index (χ2v) is 4.20. The molecule has 0 fully saturated rings. The van der Waals surface area contributed by atoms with Gasteiger partial charge in [-0.2, -0.15) is 13.2 Å². The smallest absolute Gasteiger partial charge is 0.383 e. The van der Waals surface area contributed by atoms with Crippen molar-refractivity contribution >= 4 is 11.8 Å². The normalized spacial score (nSPS) is 14.0. The van der Waals surface area contributed by atoms with E-state index in [2.05, 4.69) is 10.2 Å². The van der Waals surface area contributed by atoms with Gasteiger partial charge in [-0.1, -0.05) is 11.8 Å². The van der Waals surface area contributed by atoms with Crippen molar-refractivity contribution in [3.63, 3.8) is 0 Å². The van der Waals surface area contributed by atoms with Crippen LogP contribution in [-0.4, -0.2) is 37.9 Å². The number of alkyl halides is 3. The molecule has 3 N–H and O–H groups in total. The van der Waals surface area contributed by atoms with E-state index in [1.165, 1.54) is 0 Å². The van der Waals surface area contributed by atoms with E-state index in [9.17, 15) is 13.2 Å². The zero-order valence-corrected chi connectivity index (χ0v) is 9.92. The van der Waals surface area contributed by atoms with Gasteiger partial charge in [0.1, 0.15) is 5.82 Å². The van der Waals surface area contributed by atoms with Gasteiger partial charge in [-0.3, -0.25) is 0 Å². The second-order valence-electron chi connectivity index (χ2n) is 3.22. The van der Waals surface area contributed by atoms with Crippen LogP contribution in [0.25, 0.3) is 0 Å². The average Bonchev–Trinajstić information content (AvgIpc) is 2.66. The fourth-order valence-corrected chi connectivity index (χ4v) is 2.13. The molecule has 0 saturated carbocycles. The molecular weight excluding hydrogens is 257 g/mol. The number of rotatable bonds is 5. The quantitative estimate of drug-likeness (QED) is 0.773. The molecule has 0 spiro atoms. The molecule has 17 heavy (non-hydrogen) atoms. The fraction of sp³-hybridized carbons (Fsp3) is 0.750. The van der Waals surface area contributed by atoms with E-state index >= 15 is 0 Å². The lowest BCUT2D eigenvalue weighted by Gasteiger charge is -2.13. The zero-order chi connectivity index (χ0) is 13.1. The van der Waals surface area contributed by atoms with Gasteiger partial charge in [0.15, 0.2) is 11.3 Å². The third-order valence-corrected chi connectivity index (χ3v) is 3.08. The van der Waals surface area contributed by atoms with Crippen LogP contribution in [0, 0.1) is 0 Å². The first-order valence-corrected chi connectivity index (χ1v) is 5.88. The van der Waals surface area contributed by atoms with Crippen molar-refractivity contribution in [2.75, 3.05) is 5.75 Å². The van der Waals surface area contributed by atoms with Gasteiger partial charge in [0.2, 0.25) is 0 Å². The third-order valence-electron chi connectivity index (χ3n) is 2.04. The Kier molecular flexibility index (Phi) is 4.78. The Morgan fingerprint density at radius 2 is 2.12 bits per heavy atom. The predicted molar refractivity (Wildman–Crippen MR) is 56.4 cm³/mol. The second kappa shape index (κ2) is 5.69. The maximum atomic E-state index is 12.1. The van der Waals surface area contributed by atoms with Crippen molar-refractivity contribution < 1.29 is 18.3 Å². The molecule has 0 bridgehead atoms. The van der Waals surface area contributed by atoms with E-state index in [4.69, 9.17) is 10.8 Å². The lowest BCUT2D eigenvalue weighted by Crippen LogP contribution is -2.30. The summed E-state index contributed by atoms with van der Waals surface area (Å²) in [6, 6.07) is 0. The summed E-state index contributed by atoms with van der Waals surface area (Å²) in [5.41, 5.74) is 5.40. The summed E-state index contributed by atoms with van der Waals surface area (Å²) in [5.74, 6) is 0.00291. The predicted octanol–water partition coefficient (Wildman–Crippen LogP) is 0.772. The number of aromatic nitrogens is 3. The van der Waals surface area contributed by atoms with E-state index in [1.54, 1.807) is 4.57 Å². The van der Waals surface area contributed by atoms with E-state index in [1.807, 2.05) is 6.92 Å². The van der Waals surface area contributed by atoms with Gasteiger partial charge in [-0.05, 0) is 6.92 Å². The minimum absolute atomic E-state index is 0.170.